The van der Waals surface area contributed by atoms with Gasteiger partial charge in [0, 0.05) is 0 Å². The van der Waals surface area contributed by atoms with Gasteiger partial charge >= 0.3 is 0 Å². The first-order valence-corrected chi connectivity index (χ1v) is 4.83. The third-order valence-corrected chi connectivity index (χ3v) is 2.13. The van der Waals surface area contributed by atoms with Crippen LogP contribution in [0.2, 0.25) is 0 Å². The minimum Gasteiger partial charge on any atom is -0.297 e. The molecule has 0 radical (unpaired) electrons. The van der Waals surface area contributed by atoms with E-state index in [1.807, 2.05) is 22.6 Å². The van der Waals surface area contributed by atoms with Crippen molar-refractivity contribution >= 4 is 60.2 Å². The van der Waals surface area contributed by atoms with E-state index in [1.54, 1.807) is 0 Å². The first kappa shape index (κ1) is 8.36. The molecule has 42 valence electrons. The Morgan fingerprint density at radius 3 is 2.29 bits per heavy atom. The number of halogens is 3. The van der Waals surface area contributed by atoms with Crippen molar-refractivity contribution in [3.8, 4) is 0 Å². The second-order valence-electron chi connectivity index (χ2n) is 0.901. The summed E-state index contributed by atoms with van der Waals surface area (Å²) in [5.41, 5.74) is 0. The summed E-state index contributed by atoms with van der Waals surface area (Å²) in [4.78, 5) is 10.4. The van der Waals surface area contributed by atoms with Crippen LogP contribution in [0.1, 0.15) is 0 Å². The Hall–Kier alpha value is 1.36. The fourth-order valence-corrected chi connectivity index (χ4v) is 1.80. The number of carbonyl (C=O) groups is 1. The lowest BCUT2D eigenvalue weighted by atomic mass is 10.5. The fraction of sp³-hybridized carbons (Fsp3) is 0.667. The molecule has 0 aromatic rings. The molecule has 0 fully saturated rings. The first-order chi connectivity index (χ1) is 3.18. The molecule has 0 aromatic carbocycles. The van der Waals surface area contributed by atoms with E-state index in [-0.39, 0.29) is 8.62 Å². The van der Waals surface area contributed by atoms with Gasteiger partial charge in [-0.1, -0.05) is 54.5 Å². The summed E-state index contributed by atoms with van der Waals surface area (Å²) in [6.07, 6.45) is 0. The molecule has 0 aliphatic rings. The highest BCUT2D eigenvalue weighted by molar-refractivity contribution is 14.1. The Balaban J connectivity index is 3.35. The van der Waals surface area contributed by atoms with Gasteiger partial charge in [-0.3, -0.25) is 4.79 Å². The standard InChI is InChI=1S/C3H3Br2IO/c4-1-2(7)3(5)6/h3H,1H2. The van der Waals surface area contributed by atoms with Crippen LogP contribution in [0.5, 0.6) is 0 Å². The SMILES string of the molecule is O=C(CBr)C(Br)I. The lowest BCUT2D eigenvalue weighted by molar-refractivity contribution is -0.114. The molecule has 0 spiro atoms. The Labute approximate surface area is 72.6 Å². The van der Waals surface area contributed by atoms with Crippen LogP contribution in [0.3, 0.4) is 0 Å². The van der Waals surface area contributed by atoms with Crippen molar-refractivity contribution in [3.63, 3.8) is 0 Å². The van der Waals surface area contributed by atoms with Gasteiger partial charge in [0.2, 0.25) is 0 Å². The monoisotopic (exact) mass is 340 g/mol. The van der Waals surface area contributed by atoms with Crippen LogP contribution in [0.15, 0.2) is 0 Å². The zero-order valence-corrected chi connectivity index (χ0v) is 8.66. The number of carbonyl (C=O) groups excluding carboxylic acids is 1. The summed E-state index contributed by atoms with van der Waals surface area (Å²) < 4.78 is -0.0375. The summed E-state index contributed by atoms with van der Waals surface area (Å²) in [5.74, 6) is 0.167. The van der Waals surface area contributed by atoms with Crippen LogP contribution < -0.4 is 0 Å². The predicted octanol–water partition coefficient (Wildman–Crippen LogP) is 2.11. The molecule has 0 heterocycles. The minimum absolute atomic E-state index is 0.0375. The Morgan fingerprint density at radius 2 is 2.29 bits per heavy atom. The van der Waals surface area contributed by atoms with Crippen LogP contribution in [0, 0.1) is 0 Å². The highest BCUT2D eigenvalue weighted by Crippen LogP contribution is 2.10. The Morgan fingerprint density at radius 1 is 1.86 bits per heavy atom. The molecule has 0 amide bonds. The molecule has 0 bridgehead atoms. The average Bonchev–Trinajstić information content (AvgIpc) is 1.65. The number of rotatable bonds is 2. The third kappa shape index (κ3) is 3.90. The summed E-state index contributed by atoms with van der Waals surface area (Å²) in [6, 6.07) is 0. The van der Waals surface area contributed by atoms with E-state index in [0.29, 0.717) is 5.33 Å². The van der Waals surface area contributed by atoms with Crippen LogP contribution >= 0.6 is 54.5 Å². The highest BCUT2D eigenvalue weighted by atomic mass is 127. The van der Waals surface area contributed by atoms with Gasteiger partial charge < -0.3 is 0 Å². The van der Waals surface area contributed by atoms with Crippen LogP contribution in [0.25, 0.3) is 0 Å². The van der Waals surface area contributed by atoms with Crippen molar-refractivity contribution in [3.05, 3.63) is 0 Å². The quantitative estimate of drug-likeness (QED) is 0.555. The maximum absolute atomic E-state index is 10.4. The molecule has 0 saturated heterocycles. The number of Topliss-reactive ketones (excluding diaryl/α,β-unsaturated/α-hetero) is 1. The number of ketones is 1. The van der Waals surface area contributed by atoms with Gasteiger partial charge in [-0.15, -0.1) is 0 Å². The van der Waals surface area contributed by atoms with E-state index in [0.717, 1.165) is 0 Å². The van der Waals surface area contributed by atoms with Crippen molar-refractivity contribution in [1.82, 2.24) is 0 Å². The van der Waals surface area contributed by atoms with Gasteiger partial charge in [0.25, 0.3) is 0 Å². The molecule has 0 saturated carbocycles. The molecule has 0 aliphatic heterocycles. The van der Waals surface area contributed by atoms with Crippen molar-refractivity contribution in [2.45, 2.75) is 2.83 Å². The number of hydrogen-bond acceptors (Lipinski definition) is 1. The van der Waals surface area contributed by atoms with E-state index < -0.39 is 0 Å². The lowest BCUT2D eigenvalue weighted by Gasteiger charge is -1.91. The molecule has 1 nitrogen and oxygen atoms in total. The van der Waals surface area contributed by atoms with Crippen molar-refractivity contribution < 1.29 is 4.79 Å². The largest absolute Gasteiger partial charge is 0.297 e. The van der Waals surface area contributed by atoms with Crippen molar-refractivity contribution in [2.24, 2.45) is 0 Å². The number of alkyl halides is 3. The maximum atomic E-state index is 10.4. The van der Waals surface area contributed by atoms with E-state index in [2.05, 4.69) is 31.9 Å². The van der Waals surface area contributed by atoms with E-state index in [9.17, 15) is 4.79 Å². The fourth-order valence-electron chi connectivity index (χ4n) is 0.0583. The lowest BCUT2D eigenvalue weighted by Crippen LogP contribution is -2.06. The molecule has 0 aliphatic carbocycles. The van der Waals surface area contributed by atoms with E-state index >= 15 is 0 Å². The molecule has 4 heteroatoms. The molecule has 0 N–H and O–H groups in total. The third-order valence-electron chi connectivity index (χ3n) is 0.375. The molecule has 0 aromatic heterocycles. The molecular weight excluding hydrogens is 339 g/mol. The van der Waals surface area contributed by atoms with Gasteiger partial charge in [0.15, 0.2) is 5.78 Å². The molecule has 7 heavy (non-hydrogen) atoms. The van der Waals surface area contributed by atoms with Crippen LogP contribution in [-0.4, -0.2) is 13.9 Å². The molecule has 0 rings (SSSR count). The molecule has 1 atom stereocenters. The summed E-state index contributed by atoms with van der Waals surface area (Å²) in [6.45, 7) is 0. The normalized spacial score (nSPS) is 13.6. The summed E-state index contributed by atoms with van der Waals surface area (Å²) >= 11 is 8.14. The van der Waals surface area contributed by atoms with E-state index in [4.69, 9.17) is 0 Å². The molecule has 1 unspecified atom stereocenters. The zero-order chi connectivity index (χ0) is 5.86. The summed E-state index contributed by atoms with van der Waals surface area (Å²) in [7, 11) is 0. The average molecular weight is 342 g/mol. The Kier molecular flexibility index (Phi) is 5.09. The van der Waals surface area contributed by atoms with Gasteiger partial charge in [-0.2, -0.15) is 0 Å². The van der Waals surface area contributed by atoms with Gasteiger partial charge in [-0.25, -0.2) is 0 Å². The smallest absolute Gasteiger partial charge is 0.166 e. The van der Waals surface area contributed by atoms with Crippen molar-refractivity contribution in [2.75, 3.05) is 5.33 Å². The van der Waals surface area contributed by atoms with Gasteiger partial charge in [0.05, 0.1) is 5.33 Å². The Bertz CT molecular complexity index is 73.3. The zero-order valence-electron chi connectivity index (χ0n) is 3.33. The summed E-state index contributed by atoms with van der Waals surface area (Å²) in [5, 5.41) is 0.436. The minimum atomic E-state index is -0.0375. The number of hydrogen-bond donors (Lipinski definition) is 0. The van der Waals surface area contributed by atoms with Crippen LogP contribution in [-0.2, 0) is 4.79 Å². The van der Waals surface area contributed by atoms with E-state index in [1.165, 1.54) is 0 Å². The topological polar surface area (TPSA) is 17.1 Å². The van der Waals surface area contributed by atoms with Gasteiger partial charge in [-0.05, 0) is 0 Å². The predicted molar refractivity (Wildman–Crippen MR) is 45.5 cm³/mol. The van der Waals surface area contributed by atoms with Crippen molar-refractivity contribution in [1.29, 1.82) is 0 Å². The van der Waals surface area contributed by atoms with Crippen LogP contribution in [0.4, 0.5) is 0 Å². The second-order valence-corrected chi connectivity index (χ2v) is 5.33. The maximum Gasteiger partial charge on any atom is 0.166 e. The highest BCUT2D eigenvalue weighted by Gasteiger charge is 2.06. The first-order valence-electron chi connectivity index (χ1n) is 1.55. The second kappa shape index (κ2) is 4.26. The van der Waals surface area contributed by atoms with Gasteiger partial charge in [0.1, 0.15) is 2.83 Å². The molecular formula is C3H3Br2IO.